The van der Waals surface area contributed by atoms with Crippen molar-refractivity contribution >= 4 is 39.8 Å². The van der Waals surface area contributed by atoms with Gasteiger partial charge in [-0.15, -0.1) is 0 Å². The maximum Gasteiger partial charge on any atom is 0.335 e. The zero-order valence-electron chi connectivity index (χ0n) is 31.4. The number of benzene rings is 1. The van der Waals surface area contributed by atoms with Crippen LogP contribution in [0.15, 0.2) is 29.8 Å². The van der Waals surface area contributed by atoms with E-state index < -0.39 is 94.5 Å². The minimum absolute atomic E-state index is 0.0367. The second kappa shape index (κ2) is 22.6. The Morgan fingerprint density at radius 3 is 2.28 bits per heavy atom. The molecule has 1 saturated heterocycles. The molecule has 21 heteroatoms. The van der Waals surface area contributed by atoms with E-state index in [1.165, 1.54) is 19.1 Å². The number of carbonyl (C=O) groups excluding carboxylic acids is 3. The lowest BCUT2D eigenvalue weighted by molar-refractivity contribution is -0.271. The van der Waals surface area contributed by atoms with Crippen molar-refractivity contribution in [3.8, 4) is 5.75 Å². The van der Waals surface area contributed by atoms with Crippen molar-refractivity contribution in [2.24, 2.45) is 5.92 Å². The molecule has 0 aromatic heterocycles. The van der Waals surface area contributed by atoms with E-state index in [4.69, 9.17) is 14.2 Å². The van der Waals surface area contributed by atoms with Crippen LogP contribution in [-0.4, -0.2) is 135 Å². The van der Waals surface area contributed by atoms with E-state index in [-0.39, 0.29) is 31.7 Å². The number of hydrogen-bond acceptors (Lipinski definition) is 15. The molecule has 1 heterocycles. The van der Waals surface area contributed by atoms with Crippen molar-refractivity contribution in [1.82, 2.24) is 16.0 Å². The number of allylic oxidation sites excluding steroid dienone is 2. The van der Waals surface area contributed by atoms with Crippen molar-refractivity contribution in [2.75, 3.05) is 18.8 Å². The van der Waals surface area contributed by atoms with Crippen LogP contribution >= 0.6 is 0 Å². The van der Waals surface area contributed by atoms with Crippen molar-refractivity contribution in [3.63, 3.8) is 0 Å². The highest BCUT2D eigenvalue weighted by molar-refractivity contribution is 7.85. The number of aliphatic carboxylic acids is 2. The molecule has 57 heavy (non-hydrogen) atoms. The first-order valence-corrected chi connectivity index (χ1v) is 20.1. The van der Waals surface area contributed by atoms with Crippen LogP contribution in [-0.2, 0) is 56.6 Å². The van der Waals surface area contributed by atoms with Crippen LogP contribution in [0.5, 0.6) is 5.75 Å². The Morgan fingerprint density at radius 2 is 1.65 bits per heavy atom. The summed E-state index contributed by atoms with van der Waals surface area (Å²) in [6, 6.07) is 2.93. The first-order valence-electron chi connectivity index (χ1n) is 18.5. The number of aliphatic hydroxyl groups excluding tert-OH is 4. The average molecular weight is 832 g/mol. The highest BCUT2D eigenvalue weighted by Gasteiger charge is 2.48. The van der Waals surface area contributed by atoms with Gasteiger partial charge in [0.25, 0.3) is 10.1 Å². The van der Waals surface area contributed by atoms with Gasteiger partial charge in [0.15, 0.2) is 6.10 Å². The average Bonchev–Trinajstić information content (AvgIpc) is 3.95. The Labute approximate surface area is 329 Å². The molecular weight excluding hydrogens is 778 g/mol. The lowest BCUT2D eigenvalue weighted by Crippen LogP contribution is -2.61. The minimum atomic E-state index is -4.67. The lowest BCUT2D eigenvalue weighted by Gasteiger charge is -2.38. The van der Waals surface area contributed by atoms with E-state index in [9.17, 15) is 67.6 Å². The third kappa shape index (κ3) is 17.0. The van der Waals surface area contributed by atoms with Crippen molar-refractivity contribution in [2.45, 2.75) is 121 Å². The molecule has 0 saturated carbocycles. The molecule has 320 valence electrons. The highest BCUT2D eigenvalue weighted by atomic mass is 32.2. The number of nitrogens with one attached hydrogen (secondary N) is 3. The third-order valence-electron chi connectivity index (χ3n) is 9.19. The van der Waals surface area contributed by atoms with Gasteiger partial charge in [0.2, 0.25) is 18.1 Å². The number of amides is 2. The molecule has 3 rings (SSSR count). The molecule has 1 aliphatic carbocycles. The number of rotatable bonds is 26. The SMILES string of the molecule is CC(=O)OCc1ccc(O[C@@H]2O[C@H](C(=O)O)[C@@H](O)[C@H](O)[C@H]2O)cc1CCCCNC(=O)[C@H](CS(=O)(=O)O)NC(=O)CCCCCNC(O)CC(CC1=CC1)C(=O)O. The van der Waals surface area contributed by atoms with Crippen LogP contribution in [0.3, 0.4) is 0 Å². The fourth-order valence-electron chi connectivity index (χ4n) is 5.98. The summed E-state index contributed by atoms with van der Waals surface area (Å²) in [5.41, 5.74) is 2.22. The first kappa shape index (κ1) is 47.2. The molecule has 8 atom stereocenters. The van der Waals surface area contributed by atoms with Gasteiger partial charge in [-0.1, -0.05) is 24.1 Å². The first-order chi connectivity index (χ1) is 26.8. The van der Waals surface area contributed by atoms with E-state index in [1.807, 2.05) is 6.08 Å². The smallest absolute Gasteiger partial charge is 0.335 e. The quantitative estimate of drug-likeness (QED) is 0.0178. The molecule has 1 aromatic carbocycles. The summed E-state index contributed by atoms with van der Waals surface area (Å²) in [5, 5.41) is 66.9. The fraction of sp³-hybridized carbons (Fsp3) is 0.639. The molecule has 10 N–H and O–H groups in total. The summed E-state index contributed by atoms with van der Waals surface area (Å²) < 4.78 is 48.6. The molecule has 0 bridgehead atoms. The summed E-state index contributed by atoms with van der Waals surface area (Å²) in [5.74, 6) is -6.24. The van der Waals surface area contributed by atoms with E-state index >= 15 is 0 Å². The summed E-state index contributed by atoms with van der Waals surface area (Å²) in [6.45, 7) is 1.52. The molecule has 1 aromatic rings. The third-order valence-corrected chi connectivity index (χ3v) is 9.95. The highest BCUT2D eigenvalue weighted by Crippen LogP contribution is 2.29. The monoisotopic (exact) mass is 831 g/mol. The normalized spacial score (nSPS) is 22.0. The number of carboxylic acids is 2. The maximum absolute atomic E-state index is 12.9. The fourth-order valence-corrected chi connectivity index (χ4v) is 6.64. The second-order valence-corrected chi connectivity index (χ2v) is 15.5. The van der Waals surface area contributed by atoms with Gasteiger partial charge in [-0.05, 0) is 74.8 Å². The predicted molar refractivity (Wildman–Crippen MR) is 197 cm³/mol. The molecule has 2 amide bonds. The number of aryl methyl sites for hydroxylation is 1. The number of carboxylic acid groups (broad SMARTS) is 2. The lowest BCUT2D eigenvalue weighted by atomic mass is 9.99. The standard InChI is InChI=1S/C36H53N3O17S/c1-20(40)54-18-23-11-12-25(55-36-31(45)29(43)30(44)32(56-36)35(49)50)16-22(23)7-4-6-14-38-33(46)26(19-57(51,52)53)39-27(41)8-3-2-5-13-37-28(42)17-24(34(47)48)15-21-9-10-21/h9,11-12,16,24,26,28-32,36-37,42-45H,2-8,10,13-15,17-19H2,1H3,(H,38,46)(H,39,41)(H,47,48)(H,49,50)(H,51,52,53)/t24?,26-,28?,29-,30-,31+,32-,36+/m0/s1. The van der Waals surface area contributed by atoms with Crippen LogP contribution in [0, 0.1) is 5.92 Å². The van der Waals surface area contributed by atoms with Crippen LogP contribution in [0.2, 0.25) is 0 Å². The second-order valence-electron chi connectivity index (χ2n) is 14.0. The Balaban J connectivity index is 1.46. The maximum atomic E-state index is 12.9. The number of aliphatic hydroxyl groups is 4. The number of ether oxygens (including phenoxy) is 3. The molecule has 0 spiro atoms. The van der Waals surface area contributed by atoms with Crippen LogP contribution in [0.4, 0.5) is 0 Å². The Kier molecular flexibility index (Phi) is 18.7. The van der Waals surface area contributed by atoms with Gasteiger partial charge < -0.3 is 55.5 Å². The molecular formula is C36H53N3O17S. The number of hydrogen-bond donors (Lipinski definition) is 10. The van der Waals surface area contributed by atoms with Crippen molar-refractivity contribution in [3.05, 3.63) is 41.0 Å². The van der Waals surface area contributed by atoms with E-state index in [0.29, 0.717) is 62.6 Å². The van der Waals surface area contributed by atoms with Crippen LogP contribution < -0.4 is 20.7 Å². The number of esters is 1. The predicted octanol–water partition coefficient (Wildman–Crippen LogP) is -0.888. The van der Waals surface area contributed by atoms with E-state index in [2.05, 4.69) is 16.0 Å². The van der Waals surface area contributed by atoms with E-state index in [1.54, 1.807) is 6.07 Å². The summed E-state index contributed by atoms with van der Waals surface area (Å²) in [7, 11) is -4.67. The van der Waals surface area contributed by atoms with Gasteiger partial charge in [0.05, 0.1) is 5.92 Å². The van der Waals surface area contributed by atoms with E-state index in [0.717, 1.165) is 12.0 Å². The summed E-state index contributed by atoms with van der Waals surface area (Å²) >= 11 is 0. The Bertz CT molecular complexity index is 1690. The minimum Gasteiger partial charge on any atom is -0.481 e. The van der Waals surface area contributed by atoms with Gasteiger partial charge in [-0.2, -0.15) is 8.42 Å². The van der Waals surface area contributed by atoms with Gasteiger partial charge >= 0.3 is 17.9 Å². The Morgan fingerprint density at radius 1 is 0.947 bits per heavy atom. The molecule has 1 aliphatic heterocycles. The number of carbonyl (C=O) groups is 5. The van der Waals surface area contributed by atoms with Gasteiger partial charge in [0, 0.05) is 26.3 Å². The van der Waals surface area contributed by atoms with Crippen LogP contribution in [0.1, 0.15) is 75.8 Å². The van der Waals surface area contributed by atoms with Crippen molar-refractivity contribution in [1.29, 1.82) is 0 Å². The van der Waals surface area contributed by atoms with Gasteiger partial charge in [0.1, 0.15) is 48.7 Å². The van der Waals surface area contributed by atoms with Gasteiger partial charge in [-0.3, -0.25) is 29.0 Å². The topological polar surface area (TPSA) is 325 Å². The zero-order chi connectivity index (χ0) is 42.3. The van der Waals surface area contributed by atoms with Crippen molar-refractivity contribution < 1.29 is 81.8 Å². The summed E-state index contributed by atoms with van der Waals surface area (Å²) in [6.07, 6.45) is -4.48. The molecule has 2 aliphatic rings. The van der Waals surface area contributed by atoms with Crippen LogP contribution in [0.25, 0.3) is 0 Å². The largest absolute Gasteiger partial charge is 0.481 e. The molecule has 2 unspecified atom stereocenters. The zero-order valence-corrected chi connectivity index (χ0v) is 32.3. The molecule has 20 nitrogen and oxygen atoms in total. The molecule has 1 fully saturated rings. The van der Waals surface area contributed by atoms with Gasteiger partial charge in [-0.25, -0.2) is 4.79 Å². The molecule has 0 radical (unpaired) electrons. The summed E-state index contributed by atoms with van der Waals surface area (Å²) in [4.78, 5) is 59.8. The Hall–Kier alpha value is -4.22. The number of unbranched alkanes of at least 4 members (excludes halogenated alkanes) is 3.